The highest BCUT2D eigenvalue weighted by molar-refractivity contribution is 5.80. The van der Waals surface area contributed by atoms with Crippen LogP contribution in [0.15, 0.2) is 4.99 Å². The summed E-state index contributed by atoms with van der Waals surface area (Å²) in [4.78, 5) is 17.8. The van der Waals surface area contributed by atoms with E-state index in [4.69, 9.17) is 4.74 Å². The topological polar surface area (TPSA) is 83.8 Å². The number of rotatable bonds is 4. The maximum Gasteiger partial charge on any atom is 0.409 e. The Morgan fingerprint density at radius 3 is 2.56 bits per heavy atom. The Hall–Kier alpha value is -2.25. The fourth-order valence-electron chi connectivity index (χ4n) is 3.05. The number of carbonyl (C=O) groups is 1. The third-order valence-electron chi connectivity index (χ3n) is 4.68. The maximum absolute atomic E-state index is 11.7. The van der Waals surface area contributed by atoms with E-state index < -0.39 is 0 Å². The fraction of sp³-hybridized carbons (Fsp3) is 0.706. The van der Waals surface area contributed by atoms with Gasteiger partial charge in [-0.05, 0) is 33.6 Å². The molecular formula is C17H30N6O2. The minimum atomic E-state index is -0.217. The Morgan fingerprint density at radius 1 is 1.36 bits per heavy atom. The van der Waals surface area contributed by atoms with Crippen LogP contribution in [0.5, 0.6) is 0 Å². The number of hydrogen-bond acceptors (Lipinski definition) is 4. The molecule has 0 saturated carbocycles. The van der Waals surface area contributed by atoms with Gasteiger partial charge in [0.15, 0.2) is 5.96 Å². The number of aryl methyl sites for hydroxylation is 2. The summed E-state index contributed by atoms with van der Waals surface area (Å²) in [7, 11) is 3.72. The van der Waals surface area contributed by atoms with E-state index in [0.29, 0.717) is 32.3 Å². The van der Waals surface area contributed by atoms with Gasteiger partial charge in [0.1, 0.15) is 0 Å². The second-order valence-corrected chi connectivity index (χ2v) is 6.30. The van der Waals surface area contributed by atoms with Gasteiger partial charge in [0.05, 0.1) is 12.3 Å². The van der Waals surface area contributed by atoms with Crippen molar-refractivity contribution in [2.45, 2.75) is 46.2 Å². The number of carbonyl (C=O) groups excluding carboxylic acids is 1. The smallest absolute Gasteiger partial charge is 0.409 e. The number of nitrogens with one attached hydrogen (secondary N) is 2. The van der Waals surface area contributed by atoms with Crippen LogP contribution in [-0.2, 0) is 18.3 Å². The van der Waals surface area contributed by atoms with Gasteiger partial charge in [-0.15, -0.1) is 0 Å². The zero-order chi connectivity index (χ0) is 18.4. The predicted octanol–water partition coefficient (Wildman–Crippen LogP) is 1.32. The van der Waals surface area contributed by atoms with Gasteiger partial charge in [-0.2, -0.15) is 5.10 Å². The molecule has 2 N–H and O–H groups in total. The average Bonchev–Trinajstić information content (AvgIpc) is 2.84. The molecule has 1 fully saturated rings. The van der Waals surface area contributed by atoms with Crippen LogP contribution >= 0.6 is 0 Å². The maximum atomic E-state index is 11.7. The van der Waals surface area contributed by atoms with E-state index in [9.17, 15) is 4.79 Å². The molecule has 0 spiro atoms. The van der Waals surface area contributed by atoms with E-state index in [1.165, 1.54) is 5.56 Å². The number of aliphatic imine (C=N–C) groups is 1. The molecule has 2 heterocycles. The van der Waals surface area contributed by atoms with Crippen molar-refractivity contribution >= 4 is 12.1 Å². The monoisotopic (exact) mass is 350 g/mol. The van der Waals surface area contributed by atoms with Crippen molar-refractivity contribution in [2.24, 2.45) is 12.0 Å². The Kier molecular flexibility index (Phi) is 6.66. The lowest BCUT2D eigenvalue weighted by molar-refractivity contribution is 0.0963. The number of guanidine groups is 1. The van der Waals surface area contributed by atoms with E-state index in [1.54, 1.807) is 11.9 Å². The minimum Gasteiger partial charge on any atom is -0.450 e. The van der Waals surface area contributed by atoms with E-state index in [-0.39, 0.29) is 6.09 Å². The predicted molar refractivity (Wildman–Crippen MR) is 97.6 cm³/mol. The largest absolute Gasteiger partial charge is 0.450 e. The van der Waals surface area contributed by atoms with Gasteiger partial charge in [-0.3, -0.25) is 9.67 Å². The lowest BCUT2D eigenvalue weighted by atomic mass is 10.1. The average molecular weight is 350 g/mol. The van der Waals surface area contributed by atoms with Crippen LogP contribution in [0, 0.1) is 13.8 Å². The zero-order valence-corrected chi connectivity index (χ0v) is 15.9. The summed E-state index contributed by atoms with van der Waals surface area (Å²) in [5, 5.41) is 11.2. The van der Waals surface area contributed by atoms with Crippen molar-refractivity contribution in [1.29, 1.82) is 0 Å². The van der Waals surface area contributed by atoms with Gasteiger partial charge in [0.2, 0.25) is 0 Å². The first-order valence-electron chi connectivity index (χ1n) is 8.84. The molecule has 0 aromatic carbocycles. The van der Waals surface area contributed by atoms with Crippen molar-refractivity contribution in [2.75, 3.05) is 26.7 Å². The number of amides is 1. The molecule has 1 aliphatic rings. The molecule has 0 atom stereocenters. The molecular weight excluding hydrogens is 320 g/mol. The molecule has 1 aromatic rings. The van der Waals surface area contributed by atoms with Gasteiger partial charge in [-0.25, -0.2) is 4.79 Å². The first-order valence-corrected chi connectivity index (χ1v) is 8.84. The van der Waals surface area contributed by atoms with Crippen molar-refractivity contribution < 1.29 is 9.53 Å². The van der Waals surface area contributed by atoms with Crippen LogP contribution in [0.4, 0.5) is 4.79 Å². The molecule has 1 saturated heterocycles. The Labute approximate surface area is 149 Å². The molecule has 0 bridgehead atoms. The quantitative estimate of drug-likeness (QED) is 0.632. The highest BCUT2D eigenvalue weighted by Crippen LogP contribution is 2.13. The zero-order valence-electron chi connectivity index (χ0n) is 15.9. The van der Waals surface area contributed by atoms with Crippen LogP contribution in [0.1, 0.15) is 36.7 Å². The van der Waals surface area contributed by atoms with Crippen molar-refractivity contribution in [3.63, 3.8) is 0 Å². The Morgan fingerprint density at radius 2 is 2.04 bits per heavy atom. The molecule has 0 unspecified atom stereocenters. The Bertz CT molecular complexity index is 617. The number of aromatic nitrogens is 2. The second-order valence-electron chi connectivity index (χ2n) is 6.30. The van der Waals surface area contributed by atoms with E-state index >= 15 is 0 Å². The number of likely N-dealkylation sites (tertiary alicyclic amines) is 1. The first kappa shape index (κ1) is 19.1. The first-order chi connectivity index (χ1) is 12.0. The summed E-state index contributed by atoms with van der Waals surface area (Å²) < 4.78 is 6.95. The minimum absolute atomic E-state index is 0.217. The van der Waals surface area contributed by atoms with Crippen molar-refractivity contribution in [3.8, 4) is 0 Å². The number of piperidine rings is 1. The molecule has 8 nitrogen and oxygen atoms in total. The lowest BCUT2D eigenvalue weighted by Gasteiger charge is -2.32. The third-order valence-corrected chi connectivity index (χ3v) is 4.68. The normalized spacial score (nSPS) is 16.0. The molecule has 25 heavy (non-hydrogen) atoms. The number of hydrogen-bond donors (Lipinski definition) is 2. The molecule has 0 radical (unpaired) electrons. The van der Waals surface area contributed by atoms with E-state index in [0.717, 1.165) is 30.2 Å². The molecule has 1 aromatic heterocycles. The molecule has 140 valence electrons. The Balaban J connectivity index is 1.82. The van der Waals surface area contributed by atoms with Gasteiger partial charge in [0, 0.05) is 51.0 Å². The molecule has 0 aliphatic carbocycles. The van der Waals surface area contributed by atoms with Crippen molar-refractivity contribution in [1.82, 2.24) is 25.3 Å². The van der Waals surface area contributed by atoms with Gasteiger partial charge in [-0.1, -0.05) is 0 Å². The summed E-state index contributed by atoms with van der Waals surface area (Å²) in [6, 6.07) is 0.299. The molecule has 1 aliphatic heterocycles. The van der Waals surface area contributed by atoms with Crippen LogP contribution in [0.25, 0.3) is 0 Å². The summed E-state index contributed by atoms with van der Waals surface area (Å²) in [6.45, 7) is 8.42. The molecule has 2 rings (SSSR count). The van der Waals surface area contributed by atoms with Crippen LogP contribution in [0.2, 0.25) is 0 Å². The van der Waals surface area contributed by atoms with Crippen LogP contribution < -0.4 is 10.6 Å². The SMILES string of the molecule is CCOC(=O)N1CCC(NC(=NC)NCc2c(C)nn(C)c2C)CC1. The van der Waals surface area contributed by atoms with Crippen molar-refractivity contribution in [3.05, 3.63) is 17.0 Å². The summed E-state index contributed by atoms with van der Waals surface area (Å²) >= 11 is 0. The molecule has 1 amide bonds. The second kappa shape index (κ2) is 8.73. The fourth-order valence-corrected chi connectivity index (χ4v) is 3.05. The van der Waals surface area contributed by atoms with E-state index in [1.807, 2.05) is 25.6 Å². The van der Waals surface area contributed by atoms with Crippen LogP contribution in [-0.4, -0.2) is 59.5 Å². The highest BCUT2D eigenvalue weighted by Gasteiger charge is 2.24. The third kappa shape index (κ3) is 4.87. The molecule has 8 heteroatoms. The van der Waals surface area contributed by atoms with Crippen LogP contribution in [0.3, 0.4) is 0 Å². The summed E-state index contributed by atoms with van der Waals surface area (Å²) in [6.07, 6.45) is 1.54. The van der Waals surface area contributed by atoms with Gasteiger partial charge >= 0.3 is 6.09 Å². The highest BCUT2D eigenvalue weighted by atomic mass is 16.6. The van der Waals surface area contributed by atoms with E-state index in [2.05, 4.69) is 27.6 Å². The standard InChI is InChI=1S/C17H30N6O2/c1-6-25-17(24)23-9-7-14(8-10-23)20-16(18-4)19-11-15-12(2)21-22(5)13(15)3/h14H,6-11H2,1-5H3,(H2,18,19,20). The summed E-state index contributed by atoms with van der Waals surface area (Å²) in [5.41, 5.74) is 3.39. The summed E-state index contributed by atoms with van der Waals surface area (Å²) in [5.74, 6) is 0.775. The van der Waals surface area contributed by atoms with Gasteiger partial charge < -0.3 is 20.3 Å². The lowest BCUT2D eigenvalue weighted by Crippen LogP contribution is -2.49. The number of ether oxygens (including phenoxy) is 1. The number of nitrogens with zero attached hydrogens (tertiary/aromatic N) is 4. The van der Waals surface area contributed by atoms with Gasteiger partial charge in [0.25, 0.3) is 0 Å².